The quantitative estimate of drug-likeness (QED) is 0.362. The Morgan fingerprint density at radius 2 is 1.03 bits per heavy atom. The third-order valence-electron chi connectivity index (χ3n) is 4.51. The van der Waals surface area contributed by atoms with Gasteiger partial charge >= 0.3 is 12.1 Å². The second-order valence-electron chi connectivity index (χ2n) is 7.07. The number of amides is 4. The van der Waals surface area contributed by atoms with E-state index >= 15 is 0 Å². The highest BCUT2D eigenvalue weighted by molar-refractivity contribution is 5.89. The molecule has 4 amide bonds. The molecule has 0 atom stereocenters. The van der Waals surface area contributed by atoms with Crippen molar-refractivity contribution in [3.8, 4) is 0 Å². The fourth-order valence-electron chi connectivity index (χ4n) is 2.94. The molecule has 2 heterocycles. The van der Waals surface area contributed by atoms with Gasteiger partial charge in [0.25, 0.3) is 0 Å². The molecule has 0 aliphatic rings. The van der Waals surface area contributed by atoms with E-state index in [2.05, 4.69) is 31.2 Å². The van der Waals surface area contributed by atoms with Crippen molar-refractivity contribution in [1.29, 1.82) is 0 Å². The molecule has 0 aromatic carbocycles. The van der Waals surface area contributed by atoms with Gasteiger partial charge in [-0.2, -0.15) is 0 Å². The fourth-order valence-corrected chi connectivity index (χ4v) is 2.94. The molecular formula is C22H32N6O2. The Kier molecular flexibility index (Phi) is 11.4. The smallest absolute Gasteiger partial charge is 0.319 e. The van der Waals surface area contributed by atoms with Gasteiger partial charge in [0, 0.05) is 25.5 Å². The summed E-state index contributed by atoms with van der Waals surface area (Å²) in [5.41, 5.74) is 1.39. The minimum Gasteiger partial charge on any atom is -0.338 e. The molecule has 0 bridgehead atoms. The van der Waals surface area contributed by atoms with Crippen molar-refractivity contribution in [2.75, 3.05) is 23.7 Å². The third kappa shape index (κ3) is 11.0. The first-order chi connectivity index (χ1) is 14.7. The molecular weight excluding hydrogens is 380 g/mol. The molecule has 0 aliphatic carbocycles. The van der Waals surface area contributed by atoms with Crippen LogP contribution in [0.1, 0.15) is 51.4 Å². The Bertz CT molecular complexity index is 663. The average molecular weight is 413 g/mol. The number of nitrogens with one attached hydrogen (secondary N) is 4. The Balaban J connectivity index is 1.33. The van der Waals surface area contributed by atoms with Gasteiger partial charge in [0.15, 0.2) is 0 Å². The Morgan fingerprint density at radius 3 is 1.40 bits per heavy atom. The number of nitrogens with zero attached hydrogens (tertiary/aromatic N) is 2. The maximum Gasteiger partial charge on any atom is 0.319 e. The summed E-state index contributed by atoms with van der Waals surface area (Å²) < 4.78 is 0. The molecule has 0 unspecified atom stereocenters. The summed E-state index contributed by atoms with van der Waals surface area (Å²) in [7, 11) is 0. The van der Waals surface area contributed by atoms with Crippen molar-refractivity contribution in [2.45, 2.75) is 51.4 Å². The van der Waals surface area contributed by atoms with E-state index in [1.807, 2.05) is 0 Å². The number of anilines is 2. The molecule has 2 rings (SSSR count). The summed E-state index contributed by atoms with van der Waals surface area (Å²) in [4.78, 5) is 31.4. The molecule has 162 valence electrons. The molecule has 2 aromatic rings. The van der Waals surface area contributed by atoms with Crippen LogP contribution in [0.4, 0.5) is 21.0 Å². The molecule has 8 heteroatoms. The van der Waals surface area contributed by atoms with Gasteiger partial charge in [-0.05, 0) is 37.1 Å². The summed E-state index contributed by atoms with van der Waals surface area (Å²) in [5.74, 6) is 0. The maximum atomic E-state index is 11.7. The second-order valence-corrected chi connectivity index (χ2v) is 7.07. The summed E-state index contributed by atoms with van der Waals surface area (Å²) in [6, 6.07) is 6.80. The Hall–Kier alpha value is -3.16. The first kappa shape index (κ1) is 23.1. The standard InChI is InChI=1S/C22H32N6O2/c29-21(27-19-11-9-13-23-17-19)25-15-7-5-3-1-2-4-6-8-16-26-22(30)28-20-12-10-14-24-18-20/h9-14,17-18H,1-8,15-16H2,(H2,25,27,29)(H2,26,28,30). The highest BCUT2D eigenvalue weighted by Crippen LogP contribution is 2.08. The van der Waals surface area contributed by atoms with Gasteiger partial charge in [-0.15, -0.1) is 0 Å². The lowest BCUT2D eigenvalue weighted by Gasteiger charge is -2.08. The number of carbonyl (C=O) groups excluding carboxylic acids is 2. The molecule has 0 saturated carbocycles. The van der Waals surface area contributed by atoms with Crippen molar-refractivity contribution in [3.63, 3.8) is 0 Å². The number of hydrogen-bond donors (Lipinski definition) is 4. The monoisotopic (exact) mass is 412 g/mol. The van der Waals surface area contributed by atoms with Crippen molar-refractivity contribution in [2.24, 2.45) is 0 Å². The van der Waals surface area contributed by atoms with E-state index in [0.717, 1.165) is 25.7 Å². The minimum atomic E-state index is -0.189. The summed E-state index contributed by atoms with van der Waals surface area (Å²) in [6.45, 7) is 1.36. The van der Waals surface area contributed by atoms with Crippen LogP contribution in [0.5, 0.6) is 0 Å². The number of unbranched alkanes of at least 4 members (excludes halogenated alkanes) is 7. The molecule has 0 saturated heterocycles. The van der Waals surface area contributed by atoms with Gasteiger partial charge in [0.05, 0.1) is 23.8 Å². The van der Waals surface area contributed by atoms with E-state index in [1.54, 1.807) is 49.1 Å². The summed E-state index contributed by atoms with van der Waals surface area (Å²) in [6.07, 6.45) is 15.5. The van der Waals surface area contributed by atoms with Gasteiger partial charge in [-0.1, -0.05) is 38.5 Å². The van der Waals surface area contributed by atoms with Crippen LogP contribution >= 0.6 is 0 Å². The molecule has 8 nitrogen and oxygen atoms in total. The van der Waals surface area contributed by atoms with Gasteiger partial charge in [0.2, 0.25) is 0 Å². The Labute approximate surface area is 178 Å². The largest absolute Gasteiger partial charge is 0.338 e. The number of pyridine rings is 2. The number of urea groups is 2. The molecule has 0 aliphatic heterocycles. The number of hydrogen-bond acceptors (Lipinski definition) is 4. The lowest BCUT2D eigenvalue weighted by atomic mass is 10.1. The molecule has 30 heavy (non-hydrogen) atoms. The number of carbonyl (C=O) groups is 2. The zero-order valence-corrected chi connectivity index (χ0v) is 17.4. The topological polar surface area (TPSA) is 108 Å². The first-order valence-electron chi connectivity index (χ1n) is 10.6. The van der Waals surface area contributed by atoms with Gasteiger partial charge in [-0.25, -0.2) is 9.59 Å². The first-order valence-corrected chi connectivity index (χ1v) is 10.6. The summed E-state index contributed by atoms with van der Waals surface area (Å²) >= 11 is 0. The Morgan fingerprint density at radius 1 is 0.633 bits per heavy atom. The van der Waals surface area contributed by atoms with Crippen LogP contribution in [-0.2, 0) is 0 Å². The highest BCUT2D eigenvalue weighted by atomic mass is 16.2. The molecule has 0 fully saturated rings. The third-order valence-corrected chi connectivity index (χ3v) is 4.51. The lowest BCUT2D eigenvalue weighted by molar-refractivity contribution is 0.251. The van der Waals surface area contributed by atoms with Crippen LogP contribution in [0.25, 0.3) is 0 Å². The lowest BCUT2D eigenvalue weighted by Crippen LogP contribution is -2.29. The van der Waals surface area contributed by atoms with Gasteiger partial charge < -0.3 is 21.3 Å². The predicted octanol–water partition coefficient (Wildman–Crippen LogP) is 4.54. The average Bonchev–Trinajstić information content (AvgIpc) is 2.76. The number of aromatic nitrogens is 2. The predicted molar refractivity (Wildman–Crippen MR) is 119 cm³/mol. The second kappa shape index (κ2) is 14.8. The van der Waals surface area contributed by atoms with E-state index in [0.29, 0.717) is 24.5 Å². The van der Waals surface area contributed by atoms with Gasteiger partial charge in [0.1, 0.15) is 0 Å². The fraction of sp³-hybridized carbons (Fsp3) is 0.455. The van der Waals surface area contributed by atoms with E-state index < -0.39 is 0 Å². The maximum absolute atomic E-state index is 11.7. The molecule has 0 spiro atoms. The molecule has 4 N–H and O–H groups in total. The van der Waals surface area contributed by atoms with Crippen LogP contribution in [0, 0.1) is 0 Å². The van der Waals surface area contributed by atoms with E-state index in [1.165, 1.54) is 25.7 Å². The zero-order valence-electron chi connectivity index (χ0n) is 17.4. The highest BCUT2D eigenvalue weighted by Gasteiger charge is 2.01. The number of rotatable bonds is 13. The SMILES string of the molecule is O=C(NCCCCCCCCCCNC(=O)Nc1cccnc1)Nc1cccnc1. The van der Waals surface area contributed by atoms with Crippen molar-refractivity contribution < 1.29 is 9.59 Å². The normalized spacial score (nSPS) is 10.3. The molecule has 0 radical (unpaired) electrons. The van der Waals surface area contributed by atoms with Crippen molar-refractivity contribution >= 4 is 23.4 Å². The van der Waals surface area contributed by atoms with Crippen molar-refractivity contribution in [1.82, 2.24) is 20.6 Å². The zero-order chi connectivity index (χ0) is 21.3. The van der Waals surface area contributed by atoms with E-state index in [4.69, 9.17) is 0 Å². The molecule has 2 aromatic heterocycles. The van der Waals surface area contributed by atoms with Crippen LogP contribution in [0.2, 0.25) is 0 Å². The summed E-state index contributed by atoms with van der Waals surface area (Å²) in [5, 5.41) is 11.2. The van der Waals surface area contributed by atoms with Crippen LogP contribution in [0.15, 0.2) is 49.1 Å². The van der Waals surface area contributed by atoms with Crippen LogP contribution in [0.3, 0.4) is 0 Å². The van der Waals surface area contributed by atoms with E-state index in [9.17, 15) is 9.59 Å². The van der Waals surface area contributed by atoms with E-state index in [-0.39, 0.29) is 12.1 Å². The van der Waals surface area contributed by atoms with Crippen LogP contribution < -0.4 is 21.3 Å². The minimum absolute atomic E-state index is 0.189. The van der Waals surface area contributed by atoms with Crippen LogP contribution in [-0.4, -0.2) is 35.1 Å². The van der Waals surface area contributed by atoms with Gasteiger partial charge in [-0.3, -0.25) is 9.97 Å². The van der Waals surface area contributed by atoms with Crippen molar-refractivity contribution in [3.05, 3.63) is 49.1 Å².